The summed E-state index contributed by atoms with van der Waals surface area (Å²) in [6.45, 7) is 10.8. The zero-order valence-electron chi connectivity index (χ0n) is 35.3. The van der Waals surface area contributed by atoms with Crippen molar-refractivity contribution in [2.24, 2.45) is 0 Å². The van der Waals surface area contributed by atoms with Crippen LogP contribution in [0.4, 0.5) is 0 Å². The van der Waals surface area contributed by atoms with E-state index in [-0.39, 0.29) is 20.1 Å². The predicted octanol–water partition coefficient (Wildman–Crippen LogP) is 13.9. The number of furan rings is 1. The van der Waals surface area contributed by atoms with Gasteiger partial charge >= 0.3 is 0 Å². The fraction of sp³-hybridized carbons (Fsp3) is 0.111. The quantitative estimate of drug-likeness (QED) is 0.118. The molecule has 0 saturated heterocycles. The average Bonchev–Trinajstić information content (AvgIpc) is 3.86. The van der Waals surface area contributed by atoms with Crippen LogP contribution >= 0.6 is 0 Å². The predicted molar refractivity (Wildman–Crippen MR) is 249 cm³/mol. The molecule has 297 valence electrons. The Morgan fingerprint density at radius 3 is 2.10 bits per heavy atom. The van der Waals surface area contributed by atoms with Gasteiger partial charge in [0.05, 0.1) is 30.5 Å². The molecule has 7 aromatic carbocycles. The van der Waals surface area contributed by atoms with Crippen LogP contribution in [0.2, 0.25) is 19.6 Å². The number of nitrogens with zero attached hydrogens (tertiary/aromatic N) is 3. The molecule has 6 heteroatoms. The largest absolute Gasteiger partial charge is 0.501 e. The van der Waals surface area contributed by atoms with Crippen molar-refractivity contribution in [1.82, 2.24) is 14.5 Å². The van der Waals surface area contributed by atoms with Crippen LogP contribution in [0.5, 0.6) is 0 Å². The minimum atomic E-state index is -1.50. The Bertz CT molecular complexity index is 3110. The third-order valence-corrected chi connectivity index (χ3v) is 12.8. The molecule has 0 amide bonds. The van der Waals surface area contributed by atoms with E-state index in [1.165, 1.54) is 10.8 Å². The van der Waals surface area contributed by atoms with Gasteiger partial charge in [0.15, 0.2) is 0 Å². The van der Waals surface area contributed by atoms with E-state index in [0.717, 1.165) is 83.6 Å². The summed E-state index contributed by atoms with van der Waals surface area (Å²) in [5.74, 6) is 0.190. The van der Waals surface area contributed by atoms with Gasteiger partial charge in [-0.25, -0.2) is 0 Å². The number of imidazole rings is 1. The van der Waals surface area contributed by atoms with Crippen LogP contribution in [0.25, 0.3) is 83.6 Å². The number of rotatable bonds is 7. The molecule has 10 rings (SSSR count). The summed E-state index contributed by atoms with van der Waals surface area (Å²) in [6, 6.07) is 64.9. The zero-order valence-corrected chi connectivity index (χ0v) is 37.7. The van der Waals surface area contributed by atoms with Crippen LogP contribution in [-0.4, -0.2) is 22.6 Å². The monoisotopic (exact) mass is 973 g/mol. The van der Waals surface area contributed by atoms with Gasteiger partial charge in [-0.15, -0.1) is 54.1 Å². The average molecular weight is 973 g/mol. The number of aromatic nitrogens is 3. The minimum Gasteiger partial charge on any atom is -0.501 e. The number of benzene rings is 7. The van der Waals surface area contributed by atoms with Crippen LogP contribution in [0.3, 0.4) is 0 Å². The van der Waals surface area contributed by atoms with E-state index >= 15 is 0 Å². The van der Waals surface area contributed by atoms with E-state index in [0.29, 0.717) is 0 Å². The Morgan fingerprint density at radius 2 is 1.37 bits per heavy atom. The van der Waals surface area contributed by atoms with Gasteiger partial charge in [-0.1, -0.05) is 159 Å². The molecule has 1 radical (unpaired) electrons. The Hall–Kier alpha value is -6.17. The van der Waals surface area contributed by atoms with Crippen molar-refractivity contribution in [1.29, 1.82) is 0 Å². The summed E-state index contributed by atoms with van der Waals surface area (Å²) < 4.78 is 17.2. The molecule has 0 unspecified atom stereocenters. The zero-order chi connectivity index (χ0) is 41.4. The third kappa shape index (κ3) is 7.94. The topological polar surface area (TPSA) is 43.9 Å². The minimum absolute atomic E-state index is 0. The number of pyridine rings is 1. The fourth-order valence-corrected chi connectivity index (χ4v) is 9.43. The van der Waals surface area contributed by atoms with Crippen LogP contribution in [0.1, 0.15) is 26.7 Å². The molecule has 0 saturated carbocycles. The third-order valence-electron chi connectivity index (χ3n) is 10.8. The van der Waals surface area contributed by atoms with E-state index in [1.807, 2.05) is 80.7 Å². The normalized spacial score (nSPS) is 11.8. The summed E-state index contributed by atoms with van der Waals surface area (Å²) in [7, 11) is -1.50. The van der Waals surface area contributed by atoms with Crippen molar-refractivity contribution in [3.8, 4) is 50.6 Å². The molecule has 0 fully saturated rings. The number of fused-ring (bicyclic) bond motifs is 4. The first kappa shape index (κ1) is 39.3. The van der Waals surface area contributed by atoms with Crippen molar-refractivity contribution in [3.05, 3.63) is 194 Å². The molecule has 0 spiro atoms. The maximum absolute atomic E-state index is 8.44. The van der Waals surface area contributed by atoms with E-state index in [1.54, 1.807) is 0 Å². The molecule has 3 heterocycles. The molecular weight excluding hydrogens is 927 g/mol. The van der Waals surface area contributed by atoms with E-state index < -0.39 is 14.0 Å². The van der Waals surface area contributed by atoms with Gasteiger partial charge in [-0.2, -0.15) is 0 Å². The van der Waals surface area contributed by atoms with Gasteiger partial charge < -0.3 is 14.0 Å². The first-order valence-electron chi connectivity index (χ1n) is 20.6. The molecule has 4 nitrogen and oxygen atoms in total. The number of hydrogen-bond acceptors (Lipinski definition) is 3. The van der Waals surface area contributed by atoms with E-state index in [2.05, 4.69) is 151 Å². The first-order chi connectivity index (χ1) is 29.0. The number of para-hydroxylation sites is 3. The fourth-order valence-electron chi connectivity index (χ4n) is 7.85. The Balaban J connectivity index is 0.000000208. The second-order valence-electron chi connectivity index (χ2n) is 16.1. The summed E-state index contributed by atoms with van der Waals surface area (Å²) in [6.07, 6.45) is 1.98. The van der Waals surface area contributed by atoms with E-state index in [9.17, 15) is 0 Å². The van der Waals surface area contributed by atoms with Crippen LogP contribution in [0, 0.1) is 12.1 Å². The maximum atomic E-state index is 8.44. The molecule has 0 N–H and O–H groups in total. The van der Waals surface area contributed by atoms with Crippen molar-refractivity contribution in [3.63, 3.8) is 0 Å². The van der Waals surface area contributed by atoms with Crippen molar-refractivity contribution in [2.45, 2.75) is 39.4 Å². The van der Waals surface area contributed by atoms with Gasteiger partial charge in [0.1, 0.15) is 5.58 Å². The SMILES string of the molecule is [2H]C(C)(C)c1cc(-c2[c-]cccc2)ncc1[Si](C)(C)C.[Ir].[c-]1ccc2c(oc3ccccc32)c1-c1nc2ccccc2n1-c1cc(-c2ccccc2)ccc1-c1ccccc1. The van der Waals surface area contributed by atoms with Gasteiger partial charge in [0.2, 0.25) is 0 Å². The molecule has 0 atom stereocenters. The van der Waals surface area contributed by atoms with E-state index in [4.69, 9.17) is 10.8 Å². The molecular formula is C54H45IrN3OSi-2. The molecule has 0 bridgehead atoms. The molecule has 0 aliphatic heterocycles. The Labute approximate surface area is 368 Å². The second-order valence-corrected chi connectivity index (χ2v) is 21.1. The molecule has 60 heavy (non-hydrogen) atoms. The van der Waals surface area contributed by atoms with Gasteiger partial charge in [0.25, 0.3) is 0 Å². The summed E-state index contributed by atoms with van der Waals surface area (Å²) in [4.78, 5) is 9.80. The van der Waals surface area contributed by atoms with Crippen LogP contribution < -0.4 is 5.19 Å². The molecule has 10 aromatic rings. The van der Waals surface area contributed by atoms with Crippen molar-refractivity contribution < 1.29 is 25.9 Å². The Kier molecular flexibility index (Phi) is 11.3. The summed E-state index contributed by atoms with van der Waals surface area (Å²) in [5, 5.41) is 3.42. The van der Waals surface area contributed by atoms with Crippen LogP contribution in [0.15, 0.2) is 180 Å². The number of hydrogen-bond donors (Lipinski definition) is 0. The van der Waals surface area contributed by atoms with Crippen molar-refractivity contribution >= 4 is 46.2 Å². The van der Waals surface area contributed by atoms with Gasteiger partial charge in [-0.05, 0) is 57.7 Å². The summed E-state index contributed by atoms with van der Waals surface area (Å²) in [5.41, 5.74) is 13.1. The summed E-state index contributed by atoms with van der Waals surface area (Å²) >= 11 is 0. The van der Waals surface area contributed by atoms with Gasteiger partial charge in [-0.3, -0.25) is 4.98 Å². The van der Waals surface area contributed by atoms with Crippen LogP contribution in [-0.2, 0) is 20.1 Å². The second kappa shape index (κ2) is 17.2. The maximum Gasteiger partial charge on any atom is 0.120 e. The molecule has 0 aliphatic carbocycles. The molecule has 0 aliphatic rings. The van der Waals surface area contributed by atoms with Crippen molar-refractivity contribution in [2.75, 3.05) is 0 Å². The standard InChI is InChI=1S/C37H23N2O.C17H22NSi.Ir/c1-3-12-25(13-4-1)27-22-23-28(26-14-5-2-6-15-26)34(24-27)39-33-20-9-8-19-32(33)38-37(39)31-18-11-17-30-29-16-7-10-21-35(29)40-36(30)31;1-13(2)15-11-16(14-9-7-6-8-10-14)18-12-17(15)19(3,4)5;/h1-17,19-24H;6-9,11-13H,1-5H3;/q2*-1;/i;13D;. The van der Waals surface area contributed by atoms with Gasteiger partial charge in [0, 0.05) is 44.3 Å². The first-order valence-corrected chi connectivity index (χ1v) is 23.6. The molecule has 3 aromatic heterocycles. The Morgan fingerprint density at radius 1 is 0.667 bits per heavy atom. The smallest absolute Gasteiger partial charge is 0.120 e.